The Bertz CT molecular complexity index is 2080. The summed E-state index contributed by atoms with van der Waals surface area (Å²) in [7, 11) is 2.54. The summed E-state index contributed by atoms with van der Waals surface area (Å²) in [6.45, 7) is 11.5. The Hall–Kier alpha value is -5.73. The lowest BCUT2D eigenvalue weighted by Gasteiger charge is -2.32. The number of alkyl carbamates (subject to hydrolysis) is 2. The average molecular weight is 785 g/mol. The van der Waals surface area contributed by atoms with Gasteiger partial charge in [-0.15, -0.1) is 0 Å². The van der Waals surface area contributed by atoms with Crippen molar-refractivity contribution in [2.75, 3.05) is 14.2 Å². The third kappa shape index (κ3) is 8.52. The van der Waals surface area contributed by atoms with Crippen LogP contribution in [0.4, 0.5) is 14.0 Å². The SMILES string of the molecule is COC(=O)N[C@@H](C(=O)N1[C@H](C)CC[C@@H]1c1ncc(-c2ccc(-c3ccc(-c4cnc([C@H]5CC[C@@H](C)N5C(=O)[C@H](NC(=O)OC)C(C)C)[nH]4)c(F)c3)cc2)[nH]1)C(C)C. The molecule has 0 radical (unpaired) electrons. The number of ether oxygens (including phenoxy) is 2. The highest BCUT2D eigenvalue weighted by Crippen LogP contribution is 2.39. The Kier molecular flexibility index (Phi) is 12.3. The number of aromatic amines is 2. The first-order valence-electron chi connectivity index (χ1n) is 19.6. The van der Waals surface area contributed by atoms with Gasteiger partial charge in [0, 0.05) is 17.6 Å². The maximum Gasteiger partial charge on any atom is 0.407 e. The first-order chi connectivity index (χ1) is 27.2. The normalized spacial score (nSPS) is 20.5. The molecule has 0 saturated carbocycles. The number of methoxy groups -OCH3 is 2. The standard InChI is InChI=1S/C42H53FN8O6/c1-22(2)35(48-41(54)56-7)39(52)50-24(5)9-17-33(50)37-44-20-31(46-37)27-13-11-26(12-14-27)28-15-16-29(30(43)19-28)32-21-45-38(47-32)34-18-10-25(6)51(34)40(53)36(23(3)4)49-42(55)57-8/h11-16,19-25,33-36H,9-10,17-18H2,1-8H3,(H,44,46)(H,45,47)(H,48,54)(H,49,55)/t24-,25-,33-,34-,35-,36-/m1/s1. The van der Waals surface area contributed by atoms with Gasteiger partial charge in [-0.1, -0.05) is 58.0 Å². The van der Waals surface area contributed by atoms with E-state index in [4.69, 9.17) is 9.47 Å². The molecule has 4 heterocycles. The number of rotatable bonds is 11. The van der Waals surface area contributed by atoms with Gasteiger partial charge in [0.1, 0.15) is 29.5 Å². The van der Waals surface area contributed by atoms with Gasteiger partial charge in [0.05, 0.1) is 50.1 Å². The van der Waals surface area contributed by atoms with E-state index in [0.29, 0.717) is 34.9 Å². The molecular weight excluding hydrogens is 732 g/mol. The monoisotopic (exact) mass is 784 g/mol. The molecule has 0 spiro atoms. The molecule has 2 aliphatic rings. The molecular formula is C42H53FN8O6. The summed E-state index contributed by atoms with van der Waals surface area (Å²) in [6, 6.07) is 10.5. The number of halogens is 1. The zero-order chi connectivity index (χ0) is 41.1. The second-order valence-corrected chi connectivity index (χ2v) is 15.7. The van der Waals surface area contributed by atoms with Crippen LogP contribution in [0.3, 0.4) is 0 Å². The van der Waals surface area contributed by atoms with Gasteiger partial charge in [-0.3, -0.25) is 9.59 Å². The Balaban J connectivity index is 1.15. The summed E-state index contributed by atoms with van der Waals surface area (Å²) in [6.07, 6.45) is 4.98. The Morgan fingerprint density at radius 2 is 1.12 bits per heavy atom. The summed E-state index contributed by atoms with van der Waals surface area (Å²) < 4.78 is 25.3. The molecule has 6 rings (SSSR count). The zero-order valence-electron chi connectivity index (χ0n) is 33.8. The summed E-state index contributed by atoms with van der Waals surface area (Å²) in [5.74, 6) is 0.102. The summed E-state index contributed by atoms with van der Waals surface area (Å²) in [4.78, 5) is 71.0. The summed E-state index contributed by atoms with van der Waals surface area (Å²) in [5, 5.41) is 5.36. The Morgan fingerprint density at radius 3 is 1.58 bits per heavy atom. The largest absolute Gasteiger partial charge is 0.453 e. The number of carbonyl (C=O) groups is 4. The minimum Gasteiger partial charge on any atom is -0.453 e. The van der Waals surface area contributed by atoms with Gasteiger partial charge in [-0.05, 0) is 80.2 Å². The van der Waals surface area contributed by atoms with Gasteiger partial charge in [0.25, 0.3) is 0 Å². The smallest absolute Gasteiger partial charge is 0.407 e. The van der Waals surface area contributed by atoms with Gasteiger partial charge in [0.15, 0.2) is 0 Å². The van der Waals surface area contributed by atoms with Crippen molar-refractivity contribution in [3.05, 3.63) is 72.3 Å². The fourth-order valence-electron chi connectivity index (χ4n) is 8.02. The molecule has 14 nitrogen and oxygen atoms in total. The van der Waals surface area contributed by atoms with Crippen LogP contribution in [0.2, 0.25) is 0 Å². The highest BCUT2D eigenvalue weighted by molar-refractivity contribution is 5.87. The molecule has 2 aromatic heterocycles. The Morgan fingerprint density at radius 1 is 0.684 bits per heavy atom. The number of nitrogens with zero attached hydrogens (tertiary/aromatic N) is 4. The van der Waals surface area contributed by atoms with Crippen molar-refractivity contribution in [2.45, 2.75) is 103 Å². The number of carbonyl (C=O) groups excluding carboxylic acids is 4. The van der Waals surface area contributed by atoms with E-state index < -0.39 is 30.1 Å². The molecule has 57 heavy (non-hydrogen) atoms. The van der Waals surface area contributed by atoms with Gasteiger partial charge in [-0.2, -0.15) is 0 Å². The number of H-pyrrole nitrogens is 2. The molecule has 2 fully saturated rings. The lowest BCUT2D eigenvalue weighted by atomic mass is 10.0. The first-order valence-corrected chi connectivity index (χ1v) is 19.6. The van der Waals surface area contributed by atoms with E-state index >= 15 is 4.39 Å². The molecule has 0 bridgehead atoms. The molecule has 0 unspecified atom stereocenters. The Labute approximate surface area is 332 Å². The van der Waals surface area contributed by atoms with Crippen LogP contribution in [0.15, 0.2) is 54.9 Å². The summed E-state index contributed by atoms with van der Waals surface area (Å²) >= 11 is 0. The topological polar surface area (TPSA) is 175 Å². The molecule has 304 valence electrons. The van der Waals surface area contributed by atoms with Crippen molar-refractivity contribution >= 4 is 24.0 Å². The van der Waals surface area contributed by atoms with Crippen molar-refractivity contribution < 1.29 is 33.0 Å². The molecule has 15 heteroatoms. The van der Waals surface area contributed by atoms with Crippen molar-refractivity contribution in [1.29, 1.82) is 0 Å². The number of imidazole rings is 2. The number of aromatic nitrogens is 4. The van der Waals surface area contributed by atoms with E-state index in [-0.39, 0.29) is 47.8 Å². The second kappa shape index (κ2) is 17.2. The molecule has 2 aromatic carbocycles. The number of likely N-dealkylation sites (tertiary alicyclic amines) is 2. The lowest BCUT2D eigenvalue weighted by molar-refractivity contribution is -0.138. The van der Waals surface area contributed by atoms with E-state index in [1.165, 1.54) is 20.3 Å². The van der Waals surface area contributed by atoms with E-state index in [2.05, 4.69) is 30.6 Å². The number of amides is 4. The number of benzene rings is 2. The van der Waals surface area contributed by atoms with Gasteiger partial charge in [0.2, 0.25) is 11.8 Å². The highest BCUT2D eigenvalue weighted by atomic mass is 19.1. The number of hydrogen-bond acceptors (Lipinski definition) is 8. The first kappa shape index (κ1) is 40.9. The molecule has 2 saturated heterocycles. The van der Waals surface area contributed by atoms with Crippen LogP contribution in [-0.2, 0) is 19.1 Å². The molecule has 4 amide bonds. The second-order valence-electron chi connectivity index (χ2n) is 15.7. The van der Waals surface area contributed by atoms with Crippen LogP contribution in [0.1, 0.15) is 91.0 Å². The maximum absolute atomic E-state index is 15.8. The molecule has 4 N–H and O–H groups in total. The van der Waals surface area contributed by atoms with Gasteiger partial charge in [-0.25, -0.2) is 23.9 Å². The van der Waals surface area contributed by atoms with Crippen LogP contribution < -0.4 is 10.6 Å². The van der Waals surface area contributed by atoms with Crippen molar-refractivity contribution in [2.24, 2.45) is 11.8 Å². The average Bonchev–Trinajstić information content (AvgIpc) is 4.02. The van der Waals surface area contributed by atoms with E-state index in [9.17, 15) is 19.2 Å². The van der Waals surface area contributed by atoms with Crippen molar-refractivity contribution in [1.82, 2.24) is 40.4 Å². The maximum atomic E-state index is 15.8. The van der Waals surface area contributed by atoms with Crippen molar-refractivity contribution in [3.63, 3.8) is 0 Å². The minimum atomic E-state index is -0.767. The van der Waals surface area contributed by atoms with Gasteiger partial charge < -0.3 is 39.9 Å². The predicted molar refractivity (Wildman–Crippen MR) is 212 cm³/mol. The minimum absolute atomic E-state index is 0.0314. The quantitative estimate of drug-likeness (QED) is 0.124. The molecule has 4 aromatic rings. The molecule has 6 atom stereocenters. The van der Waals surface area contributed by atoms with Crippen LogP contribution >= 0.6 is 0 Å². The molecule has 0 aliphatic carbocycles. The fourth-order valence-corrected chi connectivity index (χ4v) is 8.02. The van der Waals surface area contributed by atoms with Gasteiger partial charge >= 0.3 is 12.2 Å². The zero-order valence-corrected chi connectivity index (χ0v) is 33.8. The van der Waals surface area contributed by atoms with E-state index in [1.807, 2.05) is 76.8 Å². The molecule has 2 aliphatic heterocycles. The van der Waals surface area contributed by atoms with Crippen LogP contribution in [-0.4, -0.2) is 92.1 Å². The lowest BCUT2D eigenvalue weighted by Crippen LogP contribution is -2.52. The van der Waals surface area contributed by atoms with Crippen molar-refractivity contribution in [3.8, 4) is 33.6 Å². The van der Waals surface area contributed by atoms with Crippen LogP contribution in [0.25, 0.3) is 33.6 Å². The third-order valence-corrected chi connectivity index (χ3v) is 11.2. The third-order valence-electron chi connectivity index (χ3n) is 11.2. The fraction of sp³-hybridized carbons (Fsp3) is 0.476. The number of hydrogen-bond donors (Lipinski definition) is 4. The van der Waals surface area contributed by atoms with Crippen LogP contribution in [0.5, 0.6) is 0 Å². The van der Waals surface area contributed by atoms with E-state index in [1.54, 1.807) is 23.4 Å². The highest BCUT2D eigenvalue weighted by Gasteiger charge is 2.42. The van der Waals surface area contributed by atoms with E-state index in [0.717, 1.165) is 36.1 Å². The predicted octanol–water partition coefficient (Wildman–Crippen LogP) is 7.14. The summed E-state index contributed by atoms with van der Waals surface area (Å²) in [5.41, 5.74) is 4.03. The number of nitrogens with one attached hydrogen (secondary N) is 4. The van der Waals surface area contributed by atoms with Crippen LogP contribution in [0, 0.1) is 17.7 Å².